The number of nitrogens with zero attached hydrogens (tertiary/aromatic N) is 1. The highest BCUT2D eigenvalue weighted by atomic mass is 32.2. The van der Waals surface area contributed by atoms with Gasteiger partial charge in [0, 0.05) is 23.4 Å². The van der Waals surface area contributed by atoms with Gasteiger partial charge in [-0.1, -0.05) is 12.1 Å². The lowest BCUT2D eigenvalue weighted by Crippen LogP contribution is -2.35. The number of nitrogens with one attached hydrogen (secondary N) is 1. The Morgan fingerprint density at radius 1 is 1.44 bits per heavy atom. The first-order valence-electron chi connectivity index (χ1n) is 8.04. The SMILES string of the molecule is COc1cccc(-c2nc(CCC(=O)NC3CCS(=O)(=O)C3)cs2)c1. The Morgan fingerprint density at radius 3 is 3.00 bits per heavy atom. The highest BCUT2D eigenvalue weighted by Crippen LogP contribution is 2.27. The van der Waals surface area contributed by atoms with Crippen LogP contribution in [0.5, 0.6) is 5.75 Å². The number of carbonyl (C=O) groups excluding carboxylic acids is 1. The van der Waals surface area contributed by atoms with Gasteiger partial charge < -0.3 is 10.1 Å². The van der Waals surface area contributed by atoms with Crippen LogP contribution in [0, 0.1) is 0 Å². The molecule has 1 aromatic heterocycles. The molecule has 1 aliphatic heterocycles. The predicted molar refractivity (Wildman–Crippen MR) is 97.6 cm³/mol. The average molecular weight is 380 g/mol. The Kier molecular flexibility index (Phi) is 5.39. The van der Waals surface area contributed by atoms with Crippen LogP contribution in [0.15, 0.2) is 29.6 Å². The largest absolute Gasteiger partial charge is 0.497 e. The van der Waals surface area contributed by atoms with Crippen LogP contribution in [0.3, 0.4) is 0 Å². The molecule has 1 fully saturated rings. The molecule has 2 heterocycles. The van der Waals surface area contributed by atoms with Crippen molar-refractivity contribution < 1.29 is 17.9 Å². The van der Waals surface area contributed by atoms with E-state index < -0.39 is 9.84 Å². The molecule has 0 aliphatic carbocycles. The Morgan fingerprint density at radius 2 is 2.28 bits per heavy atom. The Bertz CT molecular complexity index is 861. The molecule has 0 saturated carbocycles. The summed E-state index contributed by atoms with van der Waals surface area (Å²) in [5.74, 6) is 0.863. The summed E-state index contributed by atoms with van der Waals surface area (Å²) in [7, 11) is -1.35. The monoisotopic (exact) mass is 380 g/mol. The van der Waals surface area contributed by atoms with Gasteiger partial charge in [0.1, 0.15) is 10.8 Å². The maximum Gasteiger partial charge on any atom is 0.220 e. The second kappa shape index (κ2) is 7.53. The number of benzene rings is 1. The average Bonchev–Trinajstić information content (AvgIpc) is 3.19. The molecule has 1 aliphatic rings. The maximum atomic E-state index is 12.0. The number of sulfone groups is 1. The summed E-state index contributed by atoms with van der Waals surface area (Å²) < 4.78 is 28.1. The predicted octanol–water partition coefficient (Wildman–Crippen LogP) is 2.05. The smallest absolute Gasteiger partial charge is 0.220 e. The van der Waals surface area contributed by atoms with Crippen molar-refractivity contribution in [2.24, 2.45) is 0 Å². The zero-order valence-electron chi connectivity index (χ0n) is 13.9. The molecule has 3 rings (SSSR count). The van der Waals surface area contributed by atoms with E-state index in [0.29, 0.717) is 19.3 Å². The van der Waals surface area contributed by atoms with Gasteiger partial charge in [0.05, 0.1) is 24.3 Å². The zero-order chi connectivity index (χ0) is 17.9. The topological polar surface area (TPSA) is 85.4 Å². The molecule has 1 amide bonds. The highest BCUT2D eigenvalue weighted by Gasteiger charge is 2.28. The van der Waals surface area contributed by atoms with Gasteiger partial charge in [-0.25, -0.2) is 13.4 Å². The molecule has 0 spiro atoms. The van der Waals surface area contributed by atoms with Gasteiger partial charge in [0.15, 0.2) is 9.84 Å². The lowest BCUT2D eigenvalue weighted by molar-refractivity contribution is -0.121. The maximum absolute atomic E-state index is 12.0. The summed E-state index contributed by atoms with van der Waals surface area (Å²) in [5, 5.41) is 5.63. The van der Waals surface area contributed by atoms with Crippen molar-refractivity contribution in [3.63, 3.8) is 0 Å². The first kappa shape index (κ1) is 17.9. The van der Waals surface area contributed by atoms with E-state index in [1.54, 1.807) is 7.11 Å². The zero-order valence-corrected chi connectivity index (χ0v) is 15.5. The van der Waals surface area contributed by atoms with Crippen molar-refractivity contribution in [1.82, 2.24) is 10.3 Å². The molecule has 1 saturated heterocycles. The van der Waals surface area contributed by atoms with E-state index in [1.165, 1.54) is 11.3 Å². The standard InChI is InChI=1S/C17H20N2O4S2/c1-23-15-4-2-3-12(9-15)17-19-13(10-24-17)5-6-16(20)18-14-7-8-25(21,22)11-14/h2-4,9-10,14H,5-8,11H2,1H3,(H,18,20). The van der Waals surface area contributed by atoms with Crippen LogP contribution >= 0.6 is 11.3 Å². The van der Waals surface area contributed by atoms with E-state index in [-0.39, 0.29) is 23.5 Å². The van der Waals surface area contributed by atoms with E-state index in [4.69, 9.17) is 4.74 Å². The third-order valence-corrected chi connectivity index (χ3v) is 6.78. The van der Waals surface area contributed by atoms with E-state index >= 15 is 0 Å². The summed E-state index contributed by atoms with van der Waals surface area (Å²) in [4.78, 5) is 16.6. The Balaban J connectivity index is 1.54. The molecule has 8 heteroatoms. The first-order chi connectivity index (χ1) is 11.9. The van der Waals surface area contributed by atoms with Gasteiger partial charge >= 0.3 is 0 Å². The molecular weight excluding hydrogens is 360 g/mol. The van der Waals surface area contributed by atoms with E-state index in [2.05, 4.69) is 10.3 Å². The fraction of sp³-hybridized carbons (Fsp3) is 0.412. The van der Waals surface area contributed by atoms with Crippen LogP contribution in [0.4, 0.5) is 0 Å². The molecule has 2 aromatic rings. The van der Waals surface area contributed by atoms with Crippen LogP contribution in [0.1, 0.15) is 18.5 Å². The lowest BCUT2D eigenvalue weighted by Gasteiger charge is -2.10. The quantitative estimate of drug-likeness (QED) is 0.829. The summed E-state index contributed by atoms with van der Waals surface area (Å²) >= 11 is 1.53. The minimum Gasteiger partial charge on any atom is -0.497 e. The van der Waals surface area contributed by atoms with Crippen molar-refractivity contribution in [1.29, 1.82) is 0 Å². The number of amides is 1. The molecule has 1 unspecified atom stereocenters. The number of hydrogen-bond donors (Lipinski definition) is 1. The van der Waals surface area contributed by atoms with E-state index in [1.807, 2.05) is 29.6 Å². The lowest BCUT2D eigenvalue weighted by atomic mass is 10.2. The number of rotatable bonds is 6. The van der Waals surface area contributed by atoms with E-state index in [0.717, 1.165) is 22.0 Å². The van der Waals surface area contributed by atoms with Crippen molar-refractivity contribution >= 4 is 27.1 Å². The van der Waals surface area contributed by atoms with Crippen molar-refractivity contribution in [2.45, 2.75) is 25.3 Å². The van der Waals surface area contributed by atoms with Crippen LogP contribution in [-0.2, 0) is 21.1 Å². The number of aryl methyl sites for hydroxylation is 1. The number of thiazole rings is 1. The number of ether oxygens (including phenoxy) is 1. The molecule has 1 aromatic carbocycles. The molecule has 25 heavy (non-hydrogen) atoms. The van der Waals surface area contributed by atoms with Crippen LogP contribution in [0.25, 0.3) is 10.6 Å². The van der Waals surface area contributed by atoms with Crippen LogP contribution in [-0.4, -0.2) is 44.0 Å². The second-order valence-corrected chi connectivity index (χ2v) is 9.13. The van der Waals surface area contributed by atoms with Gasteiger partial charge in [0.25, 0.3) is 0 Å². The molecule has 6 nitrogen and oxygen atoms in total. The van der Waals surface area contributed by atoms with Crippen molar-refractivity contribution in [2.75, 3.05) is 18.6 Å². The highest BCUT2D eigenvalue weighted by molar-refractivity contribution is 7.91. The Labute approximate surface area is 151 Å². The first-order valence-corrected chi connectivity index (χ1v) is 10.7. The fourth-order valence-electron chi connectivity index (χ4n) is 2.76. The summed E-state index contributed by atoms with van der Waals surface area (Å²) in [6.07, 6.45) is 1.34. The summed E-state index contributed by atoms with van der Waals surface area (Å²) in [6, 6.07) is 7.44. The van der Waals surface area contributed by atoms with Gasteiger partial charge in [0.2, 0.25) is 5.91 Å². The number of carbonyl (C=O) groups is 1. The molecule has 1 atom stereocenters. The van der Waals surface area contributed by atoms with E-state index in [9.17, 15) is 13.2 Å². The molecule has 1 N–H and O–H groups in total. The van der Waals surface area contributed by atoms with Crippen molar-refractivity contribution in [3.05, 3.63) is 35.3 Å². The summed E-state index contributed by atoms with van der Waals surface area (Å²) in [5.41, 5.74) is 1.84. The molecule has 134 valence electrons. The van der Waals surface area contributed by atoms with Crippen LogP contribution in [0.2, 0.25) is 0 Å². The minimum atomic E-state index is -2.98. The minimum absolute atomic E-state index is 0.0510. The number of hydrogen-bond acceptors (Lipinski definition) is 6. The Hall–Kier alpha value is -1.93. The van der Waals surface area contributed by atoms with Gasteiger partial charge in [-0.2, -0.15) is 0 Å². The summed E-state index contributed by atoms with van der Waals surface area (Å²) in [6.45, 7) is 0. The second-order valence-electron chi connectivity index (χ2n) is 6.04. The number of methoxy groups -OCH3 is 1. The third-order valence-electron chi connectivity index (χ3n) is 4.07. The van der Waals surface area contributed by atoms with Gasteiger partial charge in [-0.3, -0.25) is 4.79 Å². The van der Waals surface area contributed by atoms with Gasteiger partial charge in [-0.05, 0) is 25.0 Å². The normalized spacial score (nSPS) is 18.8. The molecule has 0 radical (unpaired) electrons. The van der Waals surface area contributed by atoms with Crippen molar-refractivity contribution in [3.8, 4) is 16.3 Å². The molecular formula is C17H20N2O4S2. The third kappa shape index (κ3) is 4.79. The fourth-order valence-corrected chi connectivity index (χ4v) is 5.29. The van der Waals surface area contributed by atoms with Gasteiger partial charge in [-0.15, -0.1) is 11.3 Å². The molecule has 0 bridgehead atoms. The van der Waals surface area contributed by atoms with Crippen LogP contribution < -0.4 is 10.1 Å². The number of aromatic nitrogens is 1.